The zero-order valence-electron chi connectivity index (χ0n) is 33.2. The van der Waals surface area contributed by atoms with Crippen LogP contribution < -0.4 is 0 Å². The Balaban J connectivity index is 1.11. The molecule has 0 amide bonds. The molecule has 0 bridgehead atoms. The first-order valence-electron chi connectivity index (χ1n) is 21.1. The number of fused-ring (bicyclic) bond motifs is 16. The second-order valence-corrected chi connectivity index (χ2v) is 16.4. The van der Waals surface area contributed by atoms with Crippen LogP contribution in [0.3, 0.4) is 0 Å². The van der Waals surface area contributed by atoms with Crippen LogP contribution in [0.1, 0.15) is 22.3 Å². The summed E-state index contributed by atoms with van der Waals surface area (Å²) in [7, 11) is 0. The molecule has 11 aromatic rings. The molecular formula is C59H36N2. The highest BCUT2D eigenvalue weighted by Crippen LogP contribution is 2.66. The number of hydrogen-bond donors (Lipinski definition) is 0. The van der Waals surface area contributed by atoms with Crippen LogP contribution in [-0.4, -0.2) is 9.97 Å². The van der Waals surface area contributed by atoms with Crippen molar-refractivity contribution in [2.75, 3.05) is 0 Å². The molecule has 0 saturated carbocycles. The van der Waals surface area contributed by atoms with Crippen molar-refractivity contribution in [1.29, 1.82) is 0 Å². The average molecular weight is 773 g/mol. The molecule has 10 aromatic carbocycles. The first-order chi connectivity index (χ1) is 30.3. The summed E-state index contributed by atoms with van der Waals surface area (Å²) in [5.74, 6) is 0.712. The Morgan fingerprint density at radius 1 is 0.295 bits per heavy atom. The van der Waals surface area contributed by atoms with Crippen molar-refractivity contribution in [3.8, 4) is 67.3 Å². The van der Waals surface area contributed by atoms with E-state index in [2.05, 4.69) is 218 Å². The summed E-state index contributed by atoms with van der Waals surface area (Å²) in [4.78, 5) is 11.1. The largest absolute Gasteiger partial charge is 0.228 e. The third kappa shape index (κ3) is 4.85. The molecule has 1 heterocycles. The Bertz CT molecular complexity index is 3600. The van der Waals surface area contributed by atoms with Crippen molar-refractivity contribution >= 4 is 32.3 Å². The van der Waals surface area contributed by atoms with Gasteiger partial charge in [0.05, 0.1) is 16.8 Å². The zero-order valence-corrected chi connectivity index (χ0v) is 33.2. The van der Waals surface area contributed by atoms with Crippen molar-refractivity contribution in [2.24, 2.45) is 0 Å². The van der Waals surface area contributed by atoms with Gasteiger partial charge in [0.1, 0.15) is 0 Å². The first kappa shape index (κ1) is 34.0. The molecule has 61 heavy (non-hydrogen) atoms. The van der Waals surface area contributed by atoms with E-state index in [0.29, 0.717) is 5.82 Å². The minimum Gasteiger partial charge on any atom is -0.228 e. The molecule has 1 unspecified atom stereocenters. The van der Waals surface area contributed by atoms with Gasteiger partial charge in [0.2, 0.25) is 0 Å². The fourth-order valence-corrected chi connectivity index (χ4v) is 10.7. The summed E-state index contributed by atoms with van der Waals surface area (Å²) in [6, 6.07) is 79.7. The second-order valence-electron chi connectivity index (χ2n) is 16.4. The van der Waals surface area contributed by atoms with Crippen LogP contribution in [0.2, 0.25) is 0 Å². The van der Waals surface area contributed by atoms with Crippen LogP contribution in [0.25, 0.3) is 99.6 Å². The third-order valence-corrected chi connectivity index (χ3v) is 13.3. The van der Waals surface area contributed by atoms with Crippen molar-refractivity contribution in [2.45, 2.75) is 5.41 Å². The molecule has 0 saturated heterocycles. The van der Waals surface area contributed by atoms with Gasteiger partial charge in [-0.2, -0.15) is 0 Å². The SMILES string of the molecule is c1ccc(-c2cccc(-c3cc(-c4ccc5ccccc5c4)nc(-c4cccc5c4-c4ccccc4C54c5ccccc5-c5c4c4ccccc4c4ccccc54)n3)c2)cc1. The zero-order chi connectivity index (χ0) is 40.1. The molecule has 2 aliphatic carbocycles. The first-order valence-corrected chi connectivity index (χ1v) is 21.1. The van der Waals surface area contributed by atoms with E-state index in [1.807, 2.05) is 0 Å². The quantitative estimate of drug-likeness (QED) is 0.167. The topological polar surface area (TPSA) is 25.8 Å². The molecule has 0 fully saturated rings. The molecule has 282 valence electrons. The predicted molar refractivity (Wildman–Crippen MR) is 253 cm³/mol. The fourth-order valence-electron chi connectivity index (χ4n) is 10.7. The summed E-state index contributed by atoms with van der Waals surface area (Å²) in [6.07, 6.45) is 0. The predicted octanol–water partition coefficient (Wildman–Crippen LogP) is 14.9. The van der Waals surface area contributed by atoms with Crippen molar-refractivity contribution in [1.82, 2.24) is 9.97 Å². The van der Waals surface area contributed by atoms with E-state index in [9.17, 15) is 0 Å². The molecule has 2 heteroatoms. The molecule has 13 rings (SSSR count). The van der Waals surface area contributed by atoms with Crippen molar-refractivity contribution in [3.05, 3.63) is 241 Å². The normalized spacial score (nSPS) is 14.6. The highest BCUT2D eigenvalue weighted by atomic mass is 14.9. The van der Waals surface area contributed by atoms with Gasteiger partial charge in [0.15, 0.2) is 5.82 Å². The van der Waals surface area contributed by atoms with E-state index in [0.717, 1.165) is 33.6 Å². The Morgan fingerprint density at radius 2 is 0.820 bits per heavy atom. The maximum absolute atomic E-state index is 5.53. The lowest BCUT2D eigenvalue weighted by molar-refractivity contribution is 0.802. The molecule has 0 radical (unpaired) electrons. The van der Waals surface area contributed by atoms with Crippen molar-refractivity contribution in [3.63, 3.8) is 0 Å². The number of benzene rings is 10. The van der Waals surface area contributed by atoms with Crippen LogP contribution in [0.15, 0.2) is 218 Å². The van der Waals surface area contributed by atoms with Gasteiger partial charge >= 0.3 is 0 Å². The molecular weight excluding hydrogens is 737 g/mol. The summed E-state index contributed by atoms with van der Waals surface area (Å²) in [6.45, 7) is 0. The minimum absolute atomic E-state index is 0.555. The van der Waals surface area contributed by atoms with Gasteiger partial charge in [-0.3, -0.25) is 0 Å². The summed E-state index contributed by atoms with van der Waals surface area (Å²) in [5, 5.41) is 7.53. The summed E-state index contributed by atoms with van der Waals surface area (Å²) in [5.41, 5.74) is 17.0. The summed E-state index contributed by atoms with van der Waals surface area (Å²) < 4.78 is 0. The highest BCUT2D eigenvalue weighted by Gasteiger charge is 2.53. The van der Waals surface area contributed by atoms with Crippen molar-refractivity contribution < 1.29 is 0 Å². The maximum Gasteiger partial charge on any atom is 0.161 e. The average Bonchev–Trinajstić information content (AvgIpc) is 3.82. The second kappa shape index (κ2) is 13.0. The van der Waals surface area contributed by atoms with Gasteiger partial charge in [0, 0.05) is 16.7 Å². The van der Waals surface area contributed by atoms with Gasteiger partial charge in [-0.05, 0) is 106 Å². The number of aromatic nitrogens is 2. The number of hydrogen-bond acceptors (Lipinski definition) is 2. The molecule has 1 atom stereocenters. The minimum atomic E-state index is -0.555. The van der Waals surface area contributed by atoms with E-state index in [1.165, 1.54) is 82.4 Å². The lowest BCUT2D eigenvalue weighted by Crippen LogP contribution is -2.26. The maximum atomic E-state index is 5.53. The van der Waals surface area contributed by atoms with Crippen LogP contribution in [0.5, 0.6) is 0 Å². The monoisotopic (exact) mass is 772 g/mol. The molecule has 2 nitrogen and oxygen atoms in total. The molecule has 2 aliphatic rings. The lowest BCUT2D eigenvalue weighted by atomic mass is 9.69. The van der Waals surface area contributed by atoms with Gasteiger partial charge < -0.3 is 0 Å². The highest BCUT2D eigenvalue weighted by molar-refractivity contribution is 6.20. The molecule has 1 spiro atoms. The lowest BCUT2D eigenvalue weighted by Gasteiger charge is -2.32. The van der Waals surface area contributed by atoms with Crippen LogP contribution in [0, 0.1) is 0 Å². The van der Waals surface area contributed by atoms with Gasteiger partial charge in [0.25, 0.3) is 0 Å². The van der Waals surface area contributed by atoms with Crippen LogP contribution >= 0.6 is 0 Å². The smallest absolute Gasteiger partial charge is 0.161 e. The Kier molecular flexibility index (Phi) is 7.26. The van der Waals surface area contributed by atoms with Gasteiger partial charge in [-0.1, -0.05) is 200 Å². The summed E-state index contributed by atoms with van der Waals surface area (Å²) >= 11 is 0. The van der Waals surface area contributed by atoms with Crippen LogP contribution in [-0.2, 0) is 5.41 Å². The van der Waals surface area contributed by atoms with E-state index < -0.39 is 5.41 Å². The molecule has 0 aliphatic heterocycles. The molecule has 1 aromatic heterocycles. The van der Waals surface area contributed by atoms with Crippen LogP contribution in [0.4, 0.5) is 0 Å². The number of nitrogens with zero attached hydrogens (tertiary/aromatic N) is 2. The molecule has 0 N–H and O–H groups in total. The Labute approximate surface area is 354 Å². The standard InChI is InChI=1S/C59H36N2/c1-2-16-37(17-3-1)40-20-14-21-41(34-40)53-36-54(42-33-32-38-18-4-5-19-39(38)35-42)61-58(60-53)49-28-15-31-52-55(49)47-26-10-12-29-50(47)59(52)51-30-13-11-27-48(51)56-45-24-8-6-22-43(45)44-23-7-9-25-46(44)57(56)59/h1-36H. The van der Waals surface area contributed by atoms with Gasteiger partial charge in [-0.15, -0.1) is 0 Å². The van der Waals surface area contributed by atoms with E-state index >= 15 is 0 Å². The Hall–Kier alpha value is -7.94. The van der Waals surface area contributed by atoms with E-state index in [1.54, 1.807) is 0 Å². The third-order valence-electron chi connectivity index (χ3n) is 13.3. The number of rotatable bonds is 4. The van der Waals surface area contributed by atoms with Gasteiger partial charge in [-0.25, -0.2) is 9.97 Å². The van der Waals surface area contributed by atoms with E-state index in [-0.39, 0.29) is 0 Å². The fraction of sp³-hybridized carbons (Fsp3) is 0.0169. The Morgan fingerprint density at radius 3 is 1.59 bits per heavy atom. The van der Waals surface area contributed by atoms with E-state index in [4.69, 9.17) is 9.97 Å².